The number of rotatable bonds is 4. The van der Waals surface area contributed by atoms with Crippen molar-refractivity contribution >= 4 is 60.3 Å². The fourth-order valence-corrected chi connectivity index (χ4v) is 7.56. The van der Waals surface area contributed by atoms with E-state index in [1.54, 1.807) is 19.2 Å². The van der Waals surface area contributed by atoms with Gasteiger partial charge in [0.15, 0.2) is 5.82 Å². The van der Waals surface area contributed by atoms with Crippen LogP contribution in [-0.2, 0) is 23.6 Å². The van der Waals surface area contributed by atoms with Gasteiger partial charge in [0.25, 0.3) is 15.6 Å². The Hall–Kier alpha value is -1.83. The summed E-state index contributed by atoms with van der Waals surface area (Å²) in [6.45, 7) is 2.45. The minimum Gasteiger partial charge on any atom is -0.293 e. The molecule has 0 aromatic carbocycles. The standard InChI is InChI=1S/C17H17ClN6O3S3/c1-21-16(25)15-11(4-9-28-15)24-13(19-20-17(21)24)10-22-5-7-23(8-6-22)30(26,27)14-3-2-12(18)29-14/h2-4,9H,5-8,10H2,1H3. The molecule has 4 aromatic rings. The van der Waals surface area contributed by atoms with Crippen LogP contribution in [0.15, 0.2) is 32.6 Å². The summed E-state index contributed by atoms with van der Waals surface area (Å²) in [4.78, 5) is 14.6. The van der Waals surface area contributed by atoms with E-state index in [0.29, 0.717) is 47.5 Å². The lowest BCUT2D eigenvalue weighted by Crippen LogP contribution is -2.48. The summed E-state index contributed by atoms with van der Waals surface area (Å²) in [5.74, 6) is 1.22. The van der Waals surface area contributed by atoms with Crippen LogP contribution in [-0.4, -0.2) is 63.0 Å². The van der Waals surface area contributed by atoms with Gasteiger partial charge in [0, 0.05) is 33.2 Å². The van der Waals surface area contributed by atoms with E-state index in [0.717, 1.165) is 22.7 Å². The molecule has 13 heteroatoms. The Morgan fingerprint density at radius 1 is 1.13 bits per heavy atom. The van der Waals surface area contributed by atoms with Crippen molar-refractivity contribution in [3.8, 4) is 0 Å². The molecule has 0 radical (unpaired) electrons. The third-order valence-corrected chi connectivity index (χ3v) is 9.73. The van der Waals surface area contributed by atoms with E-state index in [2.05, 4.69) is 15.1 Å². The minimum atomic E-state index is -3.52. The van der Waals surface area contributed by atoms with Crippen molar-refractivity contribution < 1.29 is 8.42 Å². The van der Waals surface area contributed by atoms with Crippen LogP contribution in [0.5, 0.6) is 0 Å². The Morgan fingerprint density at radius 2 is 1.90 bits per heavy atom. The van der Waals surface area contributed by atoms with Crippen LogP contribution in [0.1, 0.15) is 5.82 Å². The number of nitrogens with zero attached hydrogens (tertiary/aromatic N) is 6. The fraction of sp³-hybridized carbons (Fsp3) is 0.353. The van der Waals surface area contributed by atoms with Crippen LogP contribution in [0, 0.1) is 0 Å². The molecule has 5 rings (SSSR count). The Morgan fingerprint density at radius 3 is 2.60 bits per heavy atom. The Bertz CT molecular complexity index is 1410. The maximum Gasteiger partial charge on any atom is 0.272 e. The molecule has 0 bridgehead atoms. The first-order valence-electron chi connectivity index (χ1n) is 9.14. The smallest absolute Gasteiger partial charge is 0.272 e. The third-order valence-electron chi connectivity index (χ3n) is 5.24. The number of aryl methyl sites for hydroxylation is 1. The Kier molecular flexibility index (Phi) is 4.95. The molecule has 30 heavy (non-hydrogen) atoms. The van der Waals surface area contributed by atoms with E-state index >= 15 is 0 Å². The number of sulfonamides is 1. The number of hydrogen-bond donors (Lipinski definition) is 0. The van der Waals surface area contributed by atoms with Crippen molar-refractivity contribution in [1.29, 1.82) is 0 Å². The molecule has 5 heterocycles. The lowest BCUT2D eigenvalue weighted by Gasteiger charge is -2.33. The maximum atomic E-state index is 12.8. The van der Waals surface area contributed by atoms with Crippen molar-refractivity contribution in [2.24, 2.45) is 7.05 Å². The first kappa shape index (κ1) is 20.1. The van der Waals surface area contributed by atoms with Gasteiger partial charge in [-0.05, 0) is 23.6 Å². The number of thiophene rings is 2. The van der Waals surface area contributed by atoms with E-state index in [-0.39, 0.29) is 9.77 Å². The summed E-state index contributed by atoms with van der Waals surface area (Å²) in [6.07, 6.45) is 0. The summed E-state index contributed by atoms with van der Waals surface area (Å²) < 4.78 is 31.9. The summed E-state index contributed by atoms with van der Waals surface area (Å²) >= 11 is 8.37. The maximum absolute atomic E-state index is 12.8. The van der Waals surface area contributed by atoms with Crippen molar-refractivity contribution in [3.05, 3.63) is 44.1 Å². The van der Waals surface area contributed by atoms with Gasteiger partial charge in [-0.2, -0.15) is 4.31 Å². The first-order valence-corrected chi connectivity index (χ1v) is 12.7. The molecule has 9 nitrogen and oxygen atoms in total. The first-order chi connectivity index (χ1) is 14.4. The fourth-order valence-electron chi connectivity index (χ4n) is 3.65. The van der Waals surface area contributed by atoms with Gasteiger partial charge < -0.3 is 0 Å². The highest BCUT2D eigenvalue weighted by Crippen LogP contribution is 2.29. The predicted molar refractivity (Wildman–Crippen MR) is 117 cm³/mol. The molecule has 0 saturated carbocycles. The number of hydrogen-bond acceptors (Lipinski definition) is 8. The van der Waals surface area contributed by atoms with Gasteiger partial charge in [0.2, 0.25) is 5.78 Å². The van der Waals surface area contributed by atoms with Gasteiger partial charge in [-0.15, -0.1) is 32.9 Å². The predicted octanol–water partition coefficient (Wildman–Crippen LogP) is 1.86. The average molecular weight is 485 g/mol. The van der Waals surface area contributed by atoms with Gasteiger partial charge in [0.1, 0.15) is 8.91 Å². The van der Waals surface area contributed by atoms with E-state index in [9.17, 15) is 13.2 Å². The number of piperazine rings is 1. The van der Waals surface area contributed by atoms with Crippen molar-refractivity contribution in [2.45, 2.75) is 10.8 Å². The average Bonchev–Trinajstić information content (AvgIpc) is 3.46. The summed E-state index contributed by atoms with van der Waals surface area (Å²) in [5.41, 5.74) is 0.716. The second-order valence-corrected chi connectivity index (χ2v) is 11.8. The van der Waals surface area contributed by atoms with Crippen LogP contribution in [0.3, 0.4) is 0 Å². The van der Waals surface area contributed by atoms with Crippen LogP contribution in [0.25, 0.3) is 16.0 Å². The van der Waals surface area contributed by atoms with E-state index in [1.807, 2.05) is 15.8 Å². The Labute approximate surface area is 184 Å². The van der Waals surface area contributed by atoms with E-state index in [4.69, 9.17) is 11.6 Å². The molecular weight excluding hydrogens is 468 g/mol. The molecule has 0 amide bonds. The summed E-state index contributed by atoms with van der Waals surface area (Å²) in [7, 11) is -1.83. The highest BCUT2D eigenvalue weighted by atomic mass is 35.5. The molecule has 0 N–H and O–H groups in total. The SMILES string of the molecule is Cn1c(=O)c2sccc2n2c(CN3CCN(S(=O)(=O)c4ccc(Cl)s4)CC3)nnc12. The Balaban J connectivity index is 1.37. The highest BCUT2D eigenvalue weighted by Gasteiger charge is 2.30. The third kappa shape index (κ3) is 3.18. The second kappa shape index (κ2) is 7.39. The molecule has 0 spiro atoms. The van der Waals surface area contributed by atoms with Crippen molar-refractivity contribution in [1.82, 2.24) is 28.4 Å². The molecule has 0 unspecified atom stereocenters. The molecular formula is C17H17ClN6O3S3. The molecule has 0 aliphatic carbocycles. The van der Waals surface area contributed by atoms with Crippen LogP contribution in [0.4, 0.5) is 0 Å². The van der Waals surface area contributed by atoms with Gasteiger partial charge in [-0.3, -0.25) is 18.7 Å². The summed E-state index contributed by atoms with van der Waals surface area (Å²) in [5, 5.41) is 10.4. The number of halogens is 1. The van der Waals surface area contributed by atoms with Crippen molar-refractivity contribution in [3.63, 3.8) is 0 Å². The zero-order valence-corrected chi connectivity index (χ0v) is 19.1. The van der Waals surface area contributed by atoms with Gasteiger partial charge >= 0.3 is 0 Å². The zero-order valence-electron chi connectivity index (χ0n) is 15.9. The minimum absolute atomic E-state index is 0.0843. The summed E-state index contributed by atoms with van der Waals surface area (Å²) in [6, 6.07) is 5.05. The topological polar surface area (TPSA) is 92.8 Å². The molecule has 158 valence electrons. The van der Waals surface area contributed by atoms with Crippen LogP contribution >= 0.6 is 34.3 Å². The quantitative estimate of drug-likeness (QED) is 0.439. The van der Waals surface area contributed by atoms with Crippen LogP contribution in [0.2, 0.25) is 4.34 Å². The van der Waals surface area contributed by atoms with Crippen LogP contribution < -0.4 is 5.56 Å². The van der Waals surface area contributed by atoms with Gasteiger partial charge in [-0.1, -0.05) is 11.6 Å². The molecule has 1 aliphatic rings. The van der Waals surface area contributed by atoms with Gasteiger partial charge in [0.05, 0.1) is 16.4 Å². The molecule has 1 fully saturated rings. The molecule has 4 aromatic heterocycles. The molecule has 1 saturated heterocycles. The number of aromatic nitrogens is 4. The van der Waals surface area contributed by atoms with Gasteiger partial charge in [-0.25, -0.2) is 8.42 Å². The van der Waals surface area contributed by atoms with E-state index < -0.39 is 10.0 Å². The molecule has 1 aliphatic heterocycles. The lowest BCUT2D eigenvalue weighted by atomic mass is 10.3. The normalized spacial score (nSPS) is 16.7. The lowest BCUT2D eigenvalue weighted by molar-refractivity contribution is 0.178. The monoisotopic (exact) mass is 484 g/mol. The second-order valence-electron chi connectivity index (χ2n) is 6.99. The van der Waals surface area contributed by atoms with Crippen molar-refractivity contribution in [2.75, 3.05) is 26.2 Å². The zero-order chi connectivity index (χ0) is 21.0. The van der Waals surface area contributed by atoms with E-state index in [1.165, 1.54) is 20.2 Å². The number of fused-ring (bicyclic) bond motifs is 3. The largest absolute Gasteiger partial charge is 0.293 e. The molecule has 0 atom stereocenters. The highest BCUT2D eigenvalue weighted by molar-refractivity contribution is 7.91.